The summed E-state index contributed by atoms with van der Waals surface area (Å²) in [5.74, 6) is 1.84. The molecule has 1 fully saturated rings. The number of ether oxygens (including phenoxy) is 2. The summed E-state index contributed by atoms with van der Waals surface area (Å²) in [6, 6.07) is 11.1. The summed E-state index contributed by atoms with van der Waals surface area (Å²) in [6.07, 6.45) is 0. The number of benzene rings is 2. The quantitative estimate of drug-likeness (QED) is 0.666. The Morgan fingerprint density at radius 2 is 1.67 bits per heavy atom. The van der Waals surface area contributed by atoms with E-state index in [1.807, 2.05) is 6.07 Å². The van der Waals surface area contributed by atoms with Crippen molar-refractivity contribution < 1.29 is 19.0 Å². The van der Waals surface area contributed by atoms with Crippen LogP contribution in [-0.4, -0.2) is 47.9 Å². The van der Waals surface area contributed by atoms with Crippen molar-refractivity contribution in [2.24, 2.45) is 0 Å². The highest BCUT2D eigenvalue weighted by Crippen LogP contribution is 2.33. The van der Waals surface area contributed by atoms with E-state index in [0.29, 0.717) is 24.5 Å². The van der Waals surface area contributed by atoms with Gasteiger partial charge in [0.2, 0.25) is 6.79 Å². The van der Waals surface area contributed by atoms with Gasteiger partial charge in [-0.25, -0.2) is 4.79 Å². The van der Waals surface area contributed by atoms with E-state index in [4.69, 9.17) is 13.9 Å². The van der Waals surface area contributed by atoms with E-state index in [1.54, 1.807) is 19.1 Å². The summed E-state index contributed by atoms with van der Waals surface area (Å²) in [6.45, 7) is 7.31. The average Bonchev–Trinajstić information content (AvgIpc) is 3.19. The van der Waals surface area contributed by atoms with Crippen LogP contribution in [0.4, 0.5) is 0 Å². The fourth-order valence-corrected chi connectivity index (χ4v) is 4.14. The maximum absolute atomic E-state index is 12.0. The van der Waals surface area contributed by atoms with Crippen molar-refractivity contribution in [1.29, 1.82) is 0 Å². The molecule has 0 atom stereocenters. The third-order valence-electron chi connectivity index (χ3n) is 5.85. The number of phenols is 1. The van der Waals surface area contributed by atoms with Crippen LogP contribution in [0.3, 0.4) is 0 Å². The summed E-state index contributed by atoms with van der Waals surface area (Å²) in [5.41, 5.74) is 2.96. The molecule has 3 heterocycles. The second-order valence-electron chi connectivity index (χ2n) is 7.97. The van der Waals surface area contributed by atoms with Gasteiger partial charge >= 0.3 is 5.63 Å². The standard InChI is InChI=1S/C23H24N2O5/c1-15-8-21-18(11-19(15)26)17(10-23(27)30-21)13-25-6-4-24(5-7-25)12-16-2-3-20-22(9-16)29-14-28-20/h2-3,8-11,26H,4-7,12-14H2,1H3. The van der Waals surface area contributed by atoms with Gasteiger partial charge in [0.1, 0.15) is 11.3 Å². The predicted octanol–water partition coefficient (Wildman–Crippen LogP) is 2.85. The molecule has 3 aromatic rings. The van der Waals surface area contributed by atoms with Crippen molar-refractivity contribution in [2.75, 3.05) is 33.0 Å². The van der Waals surface area contributed by atoms with Gasteiger partial charge in [-0.2, -0.15) is 0 Å². The minimum absolute atomic E-state index is 0.214. The van der Waals surface area contributed by atoms with E-state index in [2.05, 4.69) is 21.9 Å². The highest BCUT2D eigenvalue weighted by molar-refractivity contribution is 5.82. The molecule has 0 saturated carbocycles. The summed E-state index contributed by atoms with van der Waals surface area (Å²) in [7, 11) is 0. The number of hydrogen-bond donors (Lipinski definition) is 1. The predicted molar refractivity (Wildman–Crippen MR) is 112 cm³/mol. The average molecular weight is 408 g/mol. The lowest BCUT2D eigenvalue weighted by Crippen LogP contribution is -2.45. The topological polar surface area (TPSA) is 75.4 Å². The zero-order chi connectivity index (χ0) is 20.7. The SMILES string of the molecule is Cc1cc2oc(=O)cc(CN3CCN(Cc4ccc5c(c4)OCO5)CC3)c2cc1O. The number of rotatable bonds is 4. The van der Waals surface area contributed by atoms with Gasteiger partial charge in [-0.1, -0.05) is 6.07 Å². The van der Waals surface area contributed by atoms with Crippen LogP contribution < -0.4 is 15.1 Å². The fourth-order valence-electron chi connectivity index (χ4n) is 4.14. The molecule has 1 saturated heterocycles. The Hall–Kier alpha value is -3.03. The van der Waals surface area contributed by atoms with Gasteiger partial charge in [-0.3, -0.25) is 9.80 Å². The molecule has 1 aromatic heterocycles. The Morgan fingerprint density at radius 1 is 0.933 bits per heavy atom. The number of nitrogens with zero attached hydrogens (tertiary/aromatic N) is 2. The molecule has 7 nitrogen and oxygen atoms in total. The van der Waals surface area contributed by atoms with E-state index in [1.165, 1.54) is 11.6 Å². The molecular weight excluding hydrogens is 384 g/mol. The third-order valence-corrected chi connectivity index (χ3v) is 5.85. The maximum atomic E-state index is 12.0. The third kappa shape index (κ3) is 3.74. The van der Waals surface area contributed by atoms with E-state index in [-0.39, 0.29) is 11.4 Å². The Bertz CT molecular complexity index is 1150. The summed E-state index contributed by atoms with van der Waals surface area (Å²) >= 11 is 0. The van der Waals surface area contributed by atoms with Gasteiger partial charge < -0.3 is 19.0 Å². The van der Waals surface area contributed by atoms with Crippen LogP contribution >= 0.6 is 0 Å². The lowest BCUT2D eigenvalue weighted by molar-refractivity contribution is 0.122. The van der Waals surface area contributed by atoms with E-state index in [0.717, 1.165) is 55.2 Å². The minimum atomic E-state index is -0.357. The number of hydrogen-bond acceptors (Lipinski definition) is 7. The van der Waals surface area contributed by atoms with Gasteiger partial charge in [0.05, 0.1) is 0 Å². The second kappa shape index (κ2) is 7.66. The van der Waals surface area contributed by atoms with Crippen LogP contribution in [0.2, 0.25) is 0 Å². The summed E-state index contributed by atoms with van der Waals surface area (Å²) in [5, 5.41) is 10.9. The molecule has 0 radical (unpaired) electrons. The highest BCUT2D eigenvalue weighted by atomic mass is 16.7. The Kier molecular flexibility index (Phi) is 4.84. The first-order valence-corrected chi connectivity index (χ1v) is 10.1. The number of aromatic hydroxyl groups is 1. The fraction of sp³-hybridized carbons (Fsp3) is 0.348. The molecule has 156 valence electrons. The zero-order valence-electron chi connectivity index (χ0n) is 16.9. The molecule has 5 rings (SSSR count). The zero-order valence-corrected chi connectivity index (χ0v) is 16.9. The second-order valence-corrected chi connectivity index (χ2v) is 7.97. The van der Waals surface area contributed by atoms with Crippen LogP contribution in [0, 0.1) is 6.92 Å². The smallest absolute Gasteiger partial charge is 0.336 e. The maximum Gasteiger partial charge on any atom is 0.336 e. The molecule has 1 N–H and O–H groups in total. The van der Waals surface area contributed by atoms with Gasteiger partial charge in [-0.05, 0) is 47.9 Å². The first-order chi connectivity index (χ1) is 14.5. The minimum Gasteiger partial charge on any atom is -0.508 e. The lowest BCUT2D eigenvalue weighted by atomic mass is 10.1. The number of aryl methyl sites for hydroxylation is 1. The van der Waals surface area contributed by atoms with Crippen LogP contribution in [0.15, 0.2) is 45.6 Å². The van der Waals surface area contributed by atoms with Crippen molar-refractivity contribution in [1.82, 2.24) is 9.80 Å². The summed E-state index contributed by atoms with van der Waals surface area (Å²) < 4.78 is 16.2. The molecule has 0 unspecified atom stereocenters. The largest absolute Gasteiger partial charge is 0.508 e. The molecule has 30 heavy (non-hydrogen) atoms. The molecule has 0 amide bonds. The summed E-state index contributed by atoms with van der Waals surface area (Å²) in [4.78, 5) is 16.8. The molecule has 2 aliphatic heterocycles. The number of piperazine rings is 1. The lowest BCUT2D eigenvalue weighted by Gasteiger charge is -2.34. The van der Waals surface area contributed by atoms with Crippen LogP contribution in [-0.2, 0) is 13.1 Å². The Labute approximate surface area is 174 Å². The molecule has 2 aromatic carbocycles. The monoisotopic (exact) mass is 408 g/mol. The highest BCUT2D eigenvalue weighted by Gasteiger charge is 2.20. The Balaban J connectivity index is 1.25. The normalized spacial score (nSPS) is 17.0. The van der Waals surface area contributed by atoms with Gasteiger partial charge in [0.15, 0.2) is 11.5 Å². The van der Waals surface area contributed by atoms with Crippen molar-refractivity contribution in [3.05, 3.63) is 63.5 Å². The molecule has 0 aliphatic carbocycles. The van der Waals surface area contributed by atoms with Crippen molar-refractivity contribution in [3.63, 3.8) is 0 Å². The van der Waals surface area contributed by atoms with Gasteiger partial charge in [0, 0.05) is 50.7 Å². The van der Waals surface area contributed by atoms with Gasteiger partial charge in [-0.15, -0.1) is 0 Å². The van der Waals surface area contributed by atoms with Gasteiger partial charge in [0.25, 0.3) is 0 Å². The number of fused-ring (bicyclic) bond motifs is 2. The molecular formula is C23H24N2O5. The molecule has 0 spiro atoms. The van der Waals surface area contributed by atoms with Crippen LogP contribution in [0.5, 0.6) is 17.2 Å². The first kappa shape index (κ1) is 19.0. The number of phenolic OH excluding ortho intramolecular Hbond substituents is 1. The molecule has 7 heteroatoms. The van der Waals surface area contributed by atoms with E-state index < -0.39 is 0 Å². The Morgan fingerprint density at radius 3 is 2.47 bits per heavy atom. The molecule has 0 bridgehead atoms. The van der Waals surface area contributed by atoms with Crippen molar-refractivity contribution in [3.8, 4) is 17.2 Å². The first-order valence-electron chi connectivity index (χ1n) is 10.1. The van der Waals surface area contributed by atoms with Crippen LogP contribution in [0.1, 0.15) is 16.7 Å². The molecule has 2 aliphatic rings. The van der Waals surface area contributed by atoms with Crippen molar-refractivity contribution in [2.45, 2.75) is 20.0 Å². The van der Waals surface area contributed by atoms with Crippen LogP contribution in [0.25, 0.3) is 11.0 Å². The van der Waals surface area contributed by atoms with E-state index >= 15 is 0 Å². The van der Waals surface area contributed by atoms with Crippen molar-refractivity contribution >= 4 is 11.0 Å². The van der Waals surface area contributed by atoms with E-state index in [9.17, 15) is 9.90 Å².